The highest BCUT2D eigenvalue weighted by Crippen LogP contribution is 2.17. The fourth-order valence-corrected chi connectivity index (χ4v) is 1.44. The summed E-state index contributed by atoms with van der Waals surface area (Å²) >= 11 is 0. The average molecular weight is 235 g/mol. The van der Waals surface area contributed by atoms with Crippen LogP contribution in [0.3, 0.4) is 0 Å². The minimum absolute atomic E-state index is 0.283. The number of nitrogens with zero attached hydrogens (tertiary/aromatic N) is 2. The van der Waals surface area contributed by atoms with Crippen LogP contribution in [0, 0.1) is 11.7 Å². The van der Waals surface area contributed by atoms with E-state index < -0.39 is 0 Å². The average Bonchev–Trinajstić information content (AvgIpc) is 2.78. The molecule has 0 saturated heterocycles. The fraction of sp³-hybridized carbons (Fsp3) is 0.333. The molecule has 90 valence electrons. The van der Waals surface area contributed by atoms with Gasteiger partial charge in [0.05, 0.1) is 0 Å². The van der Waals surface area contributed by atoms with Crippen molar-refractivity contribution < 1.29 is 8.91 Å². The van der Waals surface area contributed by atoms with Gasteiger partial charge in [-0.15, -0.1) is 0 Å². The molecular weight excluding hydrogens is 221 g/mol. The van der Waals surface area contributed by atoms with Crippen LogP contribution in [0.2, 0.25) is 0 Å². The van der Waals surface area contributed by atoms with E-state index in [0.717, 1.165) is 5.56 Å². The summed E-state index contributed by atoms with van der Waals surface area (Å²) in [7, 11) is 0. The van der Waals surface area contributed by atoms with Crippen molar-refractivity contribution in [2.75, 3.05) is 6.54 Å². The highest BCUT2D eigenvalue weighted by molar-refractivity contribution is 5.53. The Morgan fingerprint density at radius 1 is 1.35 bits per heavy atom. The van der Waals surface area contributed by atoms with Gasteiger partial charge in [0.2, 0.25) is 11.7 Å². The topological polar surface area (TPSA) is 64.9 Å². The third-order valence-electron chi connectivity index (χ3n) is 2.50. The molecule has 5 heteroatoms. The number of rotatable bonds is 4. The Bertz CT molecular complexity index is 481. The normalized spacial score (nSPS) is 12.6. The van der Waals surface area contributed by atoms with Gasteiger partial charge in [0.15, 0.2) is 0 Å². The molecule has 2 aromatic rings. The SMILES string of the molecule is CC(CN)Cc1nc(-c2ccc(F)cc2)no1. The van der Waals surface area contributed by atoms with Crippen LogP contribution in [-0.2, 0) is 6.42 Å². The lowest BCUT2D eigenvalue weighted by Crippen LogP contribution is -2.13. The summed E-state index contributed by atoms with van der Waals surface area (Å²) in [5, 5.41) is 3.85. The van der Waals surface area contributed by atoms with Gasteiger partial charge in [-0.3, -0.25) is 0 Å². The zero-order chi connectivity index (χ0) is 12.3. The van der Waals surface area contributed by atoms with E-state index >= 15 is 0 Å². The summed E-state index contributed by atoms with van der Waals surface area (Å²) in [6.45, 7) is 2.59. The van der Waals surface area contributed by atoms with Crippen LogP contribution in [0.4, 0.5) is 4.39 Å². The van der Waals surface area contributed by atoms with E-state index in [9.17, 15) is 4.39 Å². The summed E-state index contributed by atoms with van der Waals surface area (Å²) in [6.07, 6.45) is 0.657. The van der Waals surface area contributed by atoms with Crippen molar-refractivity contribution in [3.05, 3.63) is 36.0 Å². The summed E-state index contributed by atoms with van der Waals surface area (Å²) in [5.74, 6) is 1.05. The summed E-state index contributed by atoms with van der Waals surface area (Å²) < 4.78 is 17.9. The summed E-state index contributed by atoms with van der Waals surface area (Å²) in [5.41, 5.74) is 6.26. The monoisotopic (exact) mass is 235 g/mol. The molecule has 2 N–H and O–H groups in total. The molecule has 0 aliphatic rings. The quantitative estimate of drug-likeness (QED) is 0.880. The van der Waals surface area contributed by atoms with Crippen LogP contribution in [0.25, 0.3) is 11.4 Å². The van der Waals surface area contributed by atoms with E-state index in [1.54, 1.807) is 12.1 Å². The zero-order valence-corrected chi connectivity index (χ0v) is 9.56. The lowest BCUT2D eigenvalue weighted by molar-refractivity contribution is 0.360. The molecule has 1 atom stereocenters. The standard InChI is InChI=1S/C12H14FN3O/c1-8(7-14)6-11-15-12(16-17-11)9-2-4-10(13)5-3-9/h2-5,8H,6-7,14H2,1H3. The molecule has 2 rings (SSSR count). The molecule has 0 bridgehead atoms. The maximum atomic E-state index is 12.7. The third kappa shape index (κ3) is 2.88. The van der Waals surface area contributed by atoms with Gasteiger partial charge in [-0.25, -0.2) is 4.39 Å². The van der Waals surface area contributed by atoms with E-state index in [1.165, 1.54) is 12.1 Å². The van der Waals surface area contributed by atoms with Crippen LogP contribution in [0.15, 0.2) is 28.8 Å². The Hall–Kier alpha value is -1.75. The smallest absolute Gasteiger partial charge is 0.227 e. The molecule has 0 saturated carbocycles. The van der Waals surface area contributed by atoms with Gasteiger partial charge in [-0.1, -0.05) is 12.1 Å². The third-order valence-corrected chi connectivity index (χ3v) is 2.50. The maximum absolute atomic E-state index is 12.7. The number of benzene rings is 1. The molecule has 17 heavy (non-hydrogen) atoms. The van der Waals surface area contributed by atoms with Crippen molar-refractivity contribution in [3.63, 3.8) is 0 Å². The van der Waals surface area contributed by atoms with Crippen molar-refractivity contribution in [2.24, 2.45) is 11.7 Å². The molecule has 0 aliphatic carbocycles. The van der Waals surface area contributed by atoms with Crippen molar-refractivity contribution >= 4 is 0 Å². The van der Waals surface area contributed by atoms with Crippen LogP contribution >= 0.6 is 0 Å². The zero-order valence-electron chi connectivity index (χ0n) is 9.56. The molecule has 1 heterocycles. The molecule has 4 nitrogen and oxygen atoms in total. The number of aromatic nitrogens is 2. The number of nitrogens with two attached hydrogens (primary N) is 1. The van der Waals surface area contributed by atoms with Crippen molar-refractivity contribution in [3.8, 4) is 11.4 Å². The van der Waals surface area contributed by atoms with Gasteiger partial charge in [-0.2, -0.15) is 4.98 Å². The van der Waals surface area contributed by atoms with E-state index in [4.69, 9.17) is 10.3 Å². The van der Waals surface area contributed by atoms with Gasteiger partial charge in [0.1, 0.15) is 5.82 Å². The van der Waals surface area contributed by atoms with E-state index in [1.807, 2.05) is 6.92 Å². The molecule has 0 aliphatic heterocycles. The predicted octanol–water partition coefficient (Wildman–Crippen LogP) is 2.01. The minimum atomic E-state index is -0.283. The minimum Gasteiger partial charge on any atom is -0.339 e. The van der Waals surface area contributed by atoms with Gasteiger partial charge in [0.25, 0.3) is 0 Å². The maximum Gasteiger partial charge on any atom is 0.227 e. The van der Waals surface area contributed by atoms with E-state index in [-0.39, 0.29) is 5.82 Å². The van der Waals surface area contributed by atoms with Crippen LogP contribution in [0.1, 0.15) is 12.8 Å². The second-order valence-corrected chi connectivity index (χ2v) is 4.06. The number of hydrogen-bond donors (Lipinski definition) is 1. The van der Waals surface area contributed by atoms with Crippen molar-refractivity contribution in [2.45, 2.75) is 13.3 Å². The van der Waals surface area contributed by atoms with Crippen LogP contribution in [-0.4, -0.2) is 16.7 Å². The van der Waals surface area contributed by atoms with Gasteiger partial charge in [0, 0.05) is 12.0 Å². The van der Waals surface area contributed by atoms with Crippen LogP contribution in [0.5, 0.6) is 0 Å². The Labute approximate surface area is 98.6 Å². The highest BCUT2D eigenvalue weighted by atomic mass is 19.1. The predicted molar refractivity (Wildman–Crippen MR) is 61.6 cm³/mol. The molecule has 0 fully saturated rings. The molecule has 1 unspecified atom stereocenters. The first kappa shape index (κ1) is 11.7. The second-order valence-electron chi connectivity index (χ2n) is 4.06. The molecule has 0 spiro atoms. The van der Waals surface area contributed by atoms with Crippen LogP contribution < -0.4 is 5.73 Å². The van der Waals surface area contributed by atoms with Crippen molar-refractivity contribution in [1.82, 2.24) is 10.1 Å². The Morgan fingerprint density at radius 3 is 2.71 bits per heavy atom. The fourth-order valence-electron chi connectivity index (χ4n) is 1.44. The Kier molecular flexibility index (Phi) is 3.49. The lowest BCUT2D eigenvalue weighted by atomic mass is 10.1. The van der Waals surface area contributed by atoms with Gasteiger partial charge >= 0.3 is 0 Å². The largest absolute Gasteiger partial charge is 0.339 e. The summed E-state index contributed by atoms with van der Waals surface area (Å²) in [4.78, 5) is 4.24. The van der Waals surface area contributed by atoms with Crippen molar-refractivity contribution in [1.29, 1.82) is 0 Å². The Balaban J connectivity index is 2.15. The molecule has 0 amide bonds. The number of hydrogen-bond acceptors (Lipinski definition) is 4. The molecule has 0 radical (unpaired) electrons. The first-order valence-corrected chi connectivity index (χ1v) is 5.47. The van der Waals surface area contributed by atoms with Gasteiger partial charge < -0.3 is 10.3 Å². The summed E-state index contributed by atoms with van der Waals surface area (Å²) in [6, 6.07) is 5.98. The van der Waals surface area contributed by atoms with E-state index in [2.05, 4.69) is 10.1 Å². The first-order chi connectivity index (χ1) is 8.19. The lowest BCUT2D eigenvalue weighted by Gasteiger charge is -2.01. The van der Waals surface area contributed by atoms with Gasteiger partial charge in [-0.05, 0) is 36.7 Å². The Morgan fingerprint density at radius 2 is 2.06 bits per heavy atom. The number of halogens is 1. The molecule has 1 aromatic heterocycles. The molecule has 1 aromatic carbocycles. The second kappa shape index (κ2) is 5.05. The highest BCUT2D eigenvalue weighted by Gasteiger charge is 2.11. The first-order valence-electron chi connectivity index (χ1n) is 5.47. The molecular formula is C12H14FN3O. The van der Waals surface area contributed by atoms with E-state index in [0.29, 0.717) is 30.6 Å².